The monoisotopic (exact) mass is 287 g/mol. The van der Waals surface area contributed by atoms with E-state index in [1.165, 1.54) is 6.20 Å². The van der Waals surface area contributed by atoms with Crippen LogP contribution in [0.25, 0.3) is 0 Å². The first-order valence-corrected chi connectivity index (χ1v) is 6.21. The number of nitrogens with zero attached hydrogens (tertiary/aromatic N) is 1. The van der Waals surface area contributed by atoms with Crippen LogP contribution in [0, 0.1) is 0 Å². The van der Waals surface area contributed by atoms with Crippen molar-refractivity contribution in [1.82, 2.24) is 9.97 Å². The minimum Gasteiger partial charge on any atom is -0.481 e. The number of benzene rings is 1. The van der Waals surface area contributed by atoms with E-state index >= 15 is 0 Å². The number of carboxylic acid groups (broad SMARTS) is 1. The number of aromatic amines is 1. The average molecular weight is 287 g/mol. The first-order valence-electron chi connectivity index (χ1n) is 6.21. The van der Waals surface area contributed by atoms with Crippen LogP contribution < -0.4 is 10.9 Å². The minimum absolute atomic E-state index is 0.0267. The van der Waals surface area contributed by atoms with Crippen LogP contribution in [0.15, 0.2) is 41.5 Å². The molecule has 1 amide bonds. The van der Waals surface area contributed by atoms with Gasteiger partial charge in [0.05, 0.1) is 6.20 Å². The van der Waals surface area contributed by atoms with Crippen LogP contribution >= 0.6 is 0 Å². The molecule has 0 aliphatic heterocycles. The second kappa shape index (κ2) is 6.47. The van der Waals surface area contributed by atoms with Gasteiger partial charge in [-0.2, -0.15) is 0 Å². The third-order valence-corrected chi connectivity index (χ3v) is 2.72. The fraction of sp³-hybridized carbons (Fsp3) is 0.143. The highest BCUT2D eigenvalue weighted by molar-refractivity contribution is 6.02. The predicted octanol–water partition coefficient (Wildman–Crippen LogP) is 1.04. The van der Waals surface area contributed by atoms with Crippen molar-refractivity contribution in [3.63, 3.8) is 0 Å². The topological polar surface area (TPSA) is 112 Å². The Balaban J connectivity index is 2.06. The first-order chi connectivity index (χ1) is 10.0. The summed E-state index contributed by atoms with van der Waals surface area (Å²) < 4.78 is 0. The van der Waals surface area contributed by atoms with E-state index in [9.17, 15) is 14.4 Å². The quantitative estimate of drug-likeness (QED) is 0.760. The summed E-state index contributed by atoms with van der Waals surface area (Å²) in [5, 5.41) is 11.3. The summed E-state index contributed by atoms with van der Waals surface area (Å²) in [4.78, 5) is 39.4. The van der Waals surface area contributed by atoms with E-state index in [0.717, 1.165) is 11.8 Å². The van der Waals surface area contributed by atoms with Crippen LogP contribution in [0.1, 0.15) is 22.5 Å². The summed E-state index contributed by atoms with van der Waals surface area (Å²) in [5.41, 5.74) is 1.05. The number of aromatic nitrogens is 2. The first kappa shape index (κ1) is 14.4. The molecule has 0 radical (unpaired) electrons. The third-order valence-electron chi connectivity index (χ3n) is 2.72. The second-order valence-corrected chi connectivity index (χ2v) is 4.34. The summed E-state index contributed by atoms with van der Waals surface area (Å²) in [5.74, 6) is -1.33. The summed E-state index contributed by atoms with van der Waals surface area (Å²) in [7, 11) is 0. The molecule has 0 saturated carbocycles. The number of anilines is 1. The van der Waals surface area contributed by atoms with Gasteiger partial charge in [-0.3, -0.25) is 14.4 Å². The Morgan fingerprint density at radius 1 is 1.33 bits per heavy atom. The van der Waals surface area contributed by atoms with Gasteiger partial charge in [0.2, 0.25) is 0 Å². The number of aliphatic carboxylic acids is 1. The van der Waals surface area contributed by atoms with Crippen molar-refractivity contribution in [2.75, 3.05) is 5.32 Å². The Bertz CT molecular complexity index is 704. The van der Waals surface area contributed by atoms with Gasteiger partial charge < -0.3 is 15.4 Å². The Morgan fingerprint density at radius 2 is 2.14 bits per heavy atom. The van der Waals surface area contributed by atoms with Gasteiger partial charge in [0, 0.05) is 18.3 Å². The molecule has 2 rings (SSSR count). The molecule has 0 bridgehead atoms. The number of H-pyrrole nitrogens is 1. The lowest BCUT2D eigenvalue weighted by molar-refractivity contribution is -0.136. The lowest BCUT2D eigenvalue weighted by Crippen LogP contribution is -2.17. The predicted molar refractivity (Wildman–Crippen MR) is 75.2 cm³/mol. The molecule has 1 aromatic carbocycles. The molecule has 1 aromatic heterocycles. The van der Waals surface area contributed by atoms with Gasteiger partial charge in [-0.25, -0.2) is 4.98 Å². The molecule has 0 saturated heterocycles. The lowest BCUT2D eigenvalue weighted by atomic mass is 10.1. The lowest BCUT2D eigenvalue weighted by Gasteiger charge is -2.06. The second-order valence-electron chi connectivity index (χ2n) is 4.34. The van der Waals surface area contributed by atoms with Crippen molar-refractivity contribution in [2.45, 2.75) is 12.8 Å². The molecule has 0 aliphatic carbocycles. The summed E-state index contributed by atoms with van der Waals surface area (Å²) in [6.07, 6.45) is 2.67. The summed E-state index contributed by atoms with van der Waals surface area (Å²) in [6, 6.07) is 6.91. The smallest absolute Gasteiger partial charge is 0.303 e. The van der Waals surface area contributed by atoms with Crippen LogP contribution in [-0.4, -0.2) is 27.0 Å². The SMILES string of the molecule is O=C(O)CCc1cccc(NC(=O)c2c[nH]c(=O)cn2)c1. The number of nitrogens with one attached hydrogen (secondary N) is 2. The van der Waals surface area contributed by atoms with Gasteiger partial charge in [0.1, 0.15) is 5.69 Å². The number of carbonyl (C=O) groups excluding carboxylic acids is 1. The maximum atomic E-state index is 11.9. The van der Waals surface area contributed by atoms with Crippen molar-refractivity contribution < 1.29 is 14.7 Å². The van der Waals surface area contributed by atoms with Crippen molar-refractivity contribution in [1.29, 1.82) is 0 Å². The standard InChI is InChI=1S/C14H13N3O4/c18-12-8-15-11(7-16-12)14(21)17-10-3-1-2-9(6-10)4-5-13(19)20/h1-3,6-8H,4-5H2,(H,16,18)(H,17,21)(H,19,20). The Hall–Kier alpha value is -2.96. The molecule has 0 fully saturated rings. The summed E-state index contributed by atoms with van der Waals surface area (Å²) >= 11 is 0. The molecule has 0 unspecified atom stereocenters. The van der Waals surface area contributed by atoms with E-state index in [-0.39, 0.29) is 17.7 Å². The van der Waals surface area contributed by atoms with Gasteiger partial charge in [-0.05, 0) is 24.1 Å². The van der Waals surface area contributed by atoms with Crippen molar-refractivity contribution in [2.24, 2.45) is 0 Å². The molecule has 0 atom stereocenters. The number of hydrogen-bond donors (Lipinski definition) is 3. The zero-order valence-electron chi connectivity index (χ0n) is 11.0. The highest BCUT2D eigenvalue weighted by Crippen LogP contribution is 2.13. The van der Waals surface area contributed by atoms with Crippen molar-refractivity contribution >= 4 is 17.6 Å². The van der Waals surface area contributed by atoms with Crippen LogP contribution in [0.3, 0.4) is 0 Å². The van der Waals surface area contributed by atoms with E-state index in [2.05, 4.69) is 15.3 Å². The number of carboxylic acids is 1. The number of aryl methyl sites for hydroxylation is 1. The molecule has 108 valence electrons. The molecule has 7 nitrogen and oxygen atoms in total. The molecule has 7 heteroatoms. The largest absolute Gasteiger partial charge is 0.481 e. The normalized spacial score (nSPS) is 10.1. The third kappa shape index (κ3) is 4.27. The maximum absolute atomic E-state index is 11.9. The minimum atomic E-state index is -0.873. The van der Waals surface area contributed by atoms with Gasteiger partial charge in [0.15, 0.2) is 0 Å². The molecule has 1 heterocycles. The maximum Gasteiger partial charge on any atom is 0.303 e. The number of rotatable bonds is 5. The number of carbonyl (C=O) groups is 2. The molecule has 0 aliphatic rings. The van der Waals surface area contributed by atoms with Crippen LogP contribution in [0.5, 0.6) is 0 Å². The van der Waals surface area contributed by atoms with Gasteiger partial charge >= 0.3 is 5.97 Å². The highest BCUT2D eigenvalue weighted by atomic mass is 16.4. The molecule has 21 heavy (non-hydrogen) atoms. The van der Waals surface area contributed by atoms with Gasteiger partial charge in [0.25, 0.3) is 11.5 Å². The number of amides is 1. The molecular formula is C14H13N3O4. The Kier molecular flexibility index (Phi) is 4.45. The number of hydrogen-bond acceptors (Lipinski definition) is 4. The Labute approximate surface area is 119 Å². The highest BCUT2D eigenvalue weighted by Gasteiger charge is 2.08. The van der Waals surface area contributed by atoms with Crippen LogP contribution in [-0.2, 0) is 11.2 Å². The van der Waals surface area contributed by atoms with E-state index < -0.39 is 11.9 Å². The average Bonchev–Trinajstić information content (AvgIpc) is 2.46. The van der Waals surface area contributed by atoms with E-state index in [1.54, 1.807) is 24.3 Å². The Morgan fingerprint density at radius 3 is 2.81 bits per heavy atom. The van der Waals surface area contributed by atoms with Crippen molar-refractivity contribution in [3.05, 3.63) is 58.3 Å². The van der Waals surface area contributed by atoms with Gasteiger partial charge in [-0.1, -0.05) is 12.1 Å². The van der Waals surface area contributed by atoms with E-state index in [4.69, 9.17) is 5.11 Å². The fourth-order valence-corrected chi connectivity index (χ4v) is 1.72. The molecule has 2 aromatic rings. The van der Waals surface area contributed by atoms with Gasteiger partial charge in [-0.15, -0.1) is 0 Å². The zero-order valence-corrected chi connectivity index (χ0v) is 11.0. The van der Waals surface area contributed by atoms with E-state index in [1.807, 2.05) is 0 Å². The summed E-state index contributed by atoms with van der Waals surface area (Å²) in [6.45, 7) is 0. The van der Waals surface area contributed by atoms with Crippen molar-refractivity contribution in [3.8, 4) is 0 Å². The van der Waals surface area contributed by atoms with Crippen LogP contribution in [0.2, 0.25) is 0 Å². The zero-order chi connectivity index (χ0) is 15.2. The molecule has 0 spiro atoms. The fourth-order valence-electron chi connectivity index (χ4n) is 1.72. The van der Waals surface area contributed by atoms with Crippen LogP contribution in [0.4, 0.5) is 5.69 Å². The molecule has 3 N–H and O–H groups in total. The van der Waals surface area contributed by atoms with E-state index in [0.29, 0.717) is 12.1 Å². The molecular weight excluding hydrogens is 274 g/mol.